The van der Waals surface area contributed by atoms with E-state index in [1.165, 1.54) is 12.1 Å². The van der Waals surface area contributed by atoms with Gasteiger partial charge in [-0.2, -0.15) is 0 Å². The first-order valence-electron chi connectivity index (χ1n) is 6.52. The summed E-state index contributed by atoms with van der Waals surface area (Å²) in [6, 6.07) is 16.5. The molecule has 0 aliphatic carbocycles. The number of hydrogen-bond acceptors (Lipinski definition) is 3. The maximum absolute atomic E-state index is 12.8. The van der Waals surface area contributed by atoms with Crippen molar-refractivity contribution in [3.63, 3.8) is 0 Å². The van der Waals surface area contributed by atoms with E-state index in [1.807, 2.05) is 0 Å². The molecule has 0 amide bonds. The van der Waals surface area contributed by atoms with E-state index < -0.39 is 19.3 Å². The largest absolute Gasteiger partial charge is 0.291 e. The Morgan fingerprint density at radius 1 is 1.00 bits per heavy atom. The van der Waals surface area contributed by atoms with Crippen LogP contribution in [-0.4, -0.2) is 17.9 Å². The third kappa shape index (κ3) is 2.80. The van der Waals surface area contributed by atoms with Crippen molar-refractivity contribution in [2.75, 3.05) is 0 Å². The highest BCUT2D eigenvalue weighted by Crippen LogP contribution is 2.37. The Labute approximate surface area is 133 Å². The number of sulfone groups is 1. The summed E-state index contributed by atoms with van der Waals surface area (Å²) < 4.78 is 24.0. The Morgan fingerprint density at radius 3 is 1.95 bits per heavy atom. The highest BCUT2D eigenvalue weighted by atomic mass is 79.9. The predicted octanol–water partition coefficient (Wildman–Crippen LogP) is 3.84. The van der Waals surface area contributed by atoms with Gasteiger partial charge in [0.1, 0.15) is 0 Å². The number of ketones is 1. The molecule has 0 bridgehead atoms. The van der Waals surface area contributed by atoms with E-state index in [9.17, 15) is 13.2 Å². The second-order valence-electron chi connectivity index (χ2n) is 4.59. The molecule has 21 heavy (non-hydrogen) atoms. The van der Waals surface area contributed by atoms with Gasteiger partial charge < -0.3 is 0 Å². The van der Waals surface area contributed by atoms with Gasteiger partial charge >= 0.3 is 0 Å². The van der Waals surface area contributed by atoms with Gasteiger partial charge in [-0.05, 0) is 18.6 Å². The molecule has 0 aliphatic rings. The topological polar surface area (TPSA) is 51.2 Å². The predicted molar refractivity (Wildman–Crippen MR) is 86.3 cm³/mol. The molecule has 0 N–H and O–H groups in total. The smallest absolute Gasteiger partial charge is 0.201 e. The van der Waals surface area contributed by atoms with Crippen LogP contribution in [0.25, 0.3) is 0 Å². The molecule has 2 aromatic carbocycles. The Bertz CT molecular complexity index is 727. The van der Waals surface area contributed by atoms with Gasteiger partial charge in [0.15, 0.2) is 9.44 Å². The SMILES string of the molecule is CCC(Br)(C(=O)c1ccccc1)S(=O)(=O)c1ccccc1. The van der Waals surface area contributed by atoms with Gasteiger partial charge in [0.25, 0.3) is 0 Å². The fourth-order valence-electron chi connectivity index (χ4n) is 2.06. The van der Waals surface area contributed by atoms with Crippen molar-refractivity contribution in [2.24, 2.45) is 0 Å². The van der Waals surface area contributed by atoms with Crippen LogP contribution in [0, 0.1) is 0 Å². The fraction of sp³-hybridized carbons (Fsp3) is 0.188. The standard InChI is InChI=1S/C16H15BrO3S/c1-2-16(17,15(18)13-9-5-3-6-10-13)21(19,20)14-11-7-4-8-12-14/h3-12H,2H2,1H3. The van der Waals surface area contributed by atoms with Crippen molar-refractivity contribution in [1.82, 2.24) is 0 Å². The normalized spacial score (nSPS) is 14.4. The molecule has 110 valence electrons. The van der Waals surface area contributed by atoms with Gasteiger partial charge in [-0.25, -0.2) is 8.42 Å². The first-order valence-corrected chi connectivity index (χ1v) is 8.79. The summed E-state index contributed by atoms with van der Waals surface area (Å²) in [4.78, 5) is 12.8. The third-order valence-electron chi connectivity index (χ3n) is 3.31. The average Bonchev–Trinajstić information content (AvgIpc) is 2.54. The third-order valence-corrected chi connectivity index (χ3v) is 7.73. The summed E-state index contributed by atoms with van der Waals surface area (Å²) in [5, 5.41) is 0. The van der Waals surface area contributed by atoms with Gasteiger partial charge in [-0.1, -0.05) is 71.4 Å². The Kier molecular flexibility index (Phi) is 4.64. The number of hydrogen-bond donors (Lipinski definition) is 0. The van der Waals surface area contributed by atoms with Crippen molar-refractivity contribution in [1.29, 1.82) is 0 Å². The molecular formula is C16H15BrO3S. The van der Waals surface area contributed by atoms with Crippen LogP contribution in [-0.2, 0) is 9.84 Å². The quantitative estimate of drug-likeness (QED) is 0.596. The summed E-state index contributed by atoms with van der Waals surface area (Å²) in [7, 11) is -3.83. The van der Waals surface area contributed by atoms with E-state index in [1.54, 1.807) is 55.5 Å². The van der Waals surface area contributed by atoms with Crippen LogP contribution < -0.4 is 0 Å². The van der Waals surface area contributed by atoms with Crippen LogP contribution in [0.1, 0.15) is 23.7 Å². The molecule has 0 radical (unpaired) electrons. The highest BCUT2D eigenvalue weighted by Gasteiger charge is 2.47. The molecule has 1 atom stereocenters. The molecule has 2 aromatic rings. The molecule has 0 heterocycles. The molecule has 3 nitrogen and oxygen atoms in total. The van der Waals surface area contributed by atoms with Crippen molar-refractivity contribution < 1.29 is 13.2 Å². The van der Waals surface area contributed by atoms with Crippen LogP contribution >= 0.6 is 15.9 Å². The minimum absolute atomic E-state index is 0.132. The number of carbonyl (C=O) groups excluding carboxylic acids is 1. The van der Waals surface area contributed by atoms with Crippen molar-refractivity contribution in [2.45, 2.75) is 21.9 Å². The van der Waals surface area contributed by atoms with Crippen molar-refractivity contribution >= 4 is 31.6 Å². The average molecular weight is 367 g/mol. The Morgan fingerprint density at radius 2 is 1.48 bits per heavy atom. The Hall–Kier alpha value is -1.46. The lowest BCUT2D eigenvalue weighted by molar-refractivity contribution is 0.0976. The molecule has 0 spiro atoms. The zero-order valence-electron chi connectivity index (χ0n) is 11.5. The first-order chi connectivity index (χ1) is 9.93. The maximum Gasteiger partial charge on any atom is 0.201 e. The molecule has 5 heteroatoms. The molecule has 0 aliphatic heterocycles. The van der Waals surface area contributed by atoms with E-state index in [4.69, 9.17) is 0 Å². The Balaban J connectivity index is 2.54. The van der Waals surface area contributed by atoms with Gasteiger partial charge in [0.2, 0.25) is 9.84 Å². The monoisotopic (exact) mass is 366 g/mol. The van der Waals surface area contributed by atoms with Gasteiger partial charge in [0, 0.05) is 5.56 Å². The van der Waals surface area contributed by atoms with E-state index in [-0.39, 0.29) is 11.3 Å². The summed E-state index contributed by atoms with van der Waals surface area (Å²) in [6.45, 7) is 1.68. The zero-order valence-corrected chi connectivity index (χ0v) is 13.9. The molecule has 0 aromatic heterocycles. The number of benzene rings is 2. The van der Waals surface area contributed by atoms with Crippen LogP contribution in [0.5, 0.6) is 0 Å². The second kappa shape index (κ2) is 6.12. The van der Waals surface area contributed by atoms with Gasteiger partial charge in [-0.3, -0.25) is 4.79 Å². The highest BCUT2D eigenvalue weighted by molar-refractivity contribution is 9.12. The van der Waals surface area contributed by atoms with Crippen LogP contribution in [0.2, 0.25) is 0 Å². The maximum atomic E-state index is 12.8. The molecule has 0 saturated heterocycles. The summed E-state index contributed by atoms with van der Waals surface area (Å²) >= 11 is 3.21. The van der Waals surface area contributed by atoms with Gasteiger partial charge in [0.05, 0.1) is 4.90 Å². The lowest BCUT2D eigenvalue weighted by Gasteiger charge is -2.24. The summed E-state index contributed by atoms with van der Waals surface area (Å²) in [5.74, 6) is -0.450. The van der Waals surface area contributed by atoms with Crippen molar-refractivity contribution in [3.05, 3.63) is 66.2 Å². The number of halogens is 1. The van der Waals surface area contributed by atoms with Crippen LogP contribution in [0.3, 0.4) is 0 Å². The molecule has 1 unspecified atom stereocenters. The van der Waals surface area contributed by atoms with E-state index >= 15 is 0 Å². The molecular weight excluding hydrogens is 352 g/mol. The minimum Gasteiger partial charge on any atom is -0.291 e. The van der Waals surface area contributed by atoms with Gasteiger partial charge in [-0.15, -0.1) is 0 Å². The molecule has 0 fully saturated rings. The van der Waals surface area contributed by atoms with E-state index in [2.05, 4.69) is 15.9 Å². The van der Waals surface area contributed by atoms with Crippen molar-refractivity contribution in [3.8, 4) is 0 Å². The number of alkyl halides is 1. The summed E-state index contributed by atoms with van der Waals surface area (Å²) in [6.07, 6.45) is 0.137. The molecule has 2 rings (SSSR count). The fourth-order valence-corrected chi connectivity index (χ4v) is 4.48. The zero-order chi connectivity index (χ0) is 15.5. The van der Waals surface area contributed by atoms with Crippen LogP contribution in [0.15, 0.2) is 65.6 Å². The summed E-state index contributed by atoms with van der Waals surface area (Å²) in [5.41, 5.74) is 0.371. The first kappa shape index (κ1) is 15.9. The molecule has 0 saturated carbocycles. The van der Waals surface area contributed by atoms with Crippen LogP contribution in [0.4, 0.5) is 0 Å². The number of rotatable bonds is 5. The minimum atomic E-state index is -3.83. The second-order valence-corrected chi connectivity index (χ2v) is 8.65. The lowest BCUT2D eigenvalue weighted by Crippen LogP contribution is -2.40. The van der Waals surface area contributed by atoms with E-state index in [0.717, 1.165) is 0 Å². The number of Topliss-reactive ketones (excluding diaryl/α,β-unsaturated/α-hetero) is 1. The lowest BCUT2D eigenvalue weighted by atomic mass is 10.1. The van der Waals surface area contributed by atoms with E-state index in [0.29, 0.717) is 5.56 Å². The number of carbonyl (C=O) groups is 1.